The van der Waals surface area contributed by atoms with Gasteiger partial charge in [-0.05, 0) is 39.5 Å². The zero-order chi connectivity index (χ0) is 21.8. The molecule has 0 saturated carbocycles. The summed E-state index contributed by atoms with van der Waals surface area (Å²) >= 11 is 0. The normalized spacial score (nSPS) is 12.5. The minimum Gasteiger partial charge on any atom is -0.548 e. The number of rotatable bonds is 7. The van der Waals surface area contributed by atoms with Crippen molar-refractivity contribution >= 4 is 24.7 Å². The van der Waals surface area contributed by atoms with E-state index in [1.807, 2.05) is 36.4 Å². The van der Waals surface area contributed by atoms with E-state index < -0.39 is 20.3 Å². The van der Waals surface area contributed by atoms with Crippen molar-refractivity contribution in [2.45, 2.75) is 38.3 Å². The number of carboxylic acid groups (broad SMARTS) is 1. The van der Waals surface area contributed by atoms with Crippen LogP contribution in [0.4, 0.5) is 0 Å². The summed E-state index contributed by atoms with van der Waals surface area (Å²) in [6.07, 6.45) is 0.224. The molecular weight excluding hydrogens is 397 g/mol. The molecule has 6 heteroatoms. The largest absolute Gasteiger partial charge is 1.00 e. The van der Waals surface area contributed by atoms with Gasteiger partial charge in [0, 0.05) is 6.04 Å². The summed E-state index contributed by atoms with van der Waals surface area (Å²) in [5.74, 6) is -0.488. The molecule has 0 spiro atoms. The van der Waals surface area contributed by atoms with E-state index in [1.165, 1.54) is 10.4 Å². The molecule has 0 saturated heterocycles. The first kappa shape index (κ1) is 25.0. The van der Waals surface area contributed by atoms with Crippen LogP contribution in [0.15, 0.2) is 84.9 Å². The Bertz CT molecular complexity index is 934. The molecule has 156 valence electrons. The first-order chi connectivity index (χ1) is 14.2. The molecular formula is C25H28LiNO3Si. The van der Waals surface area contributed by atoms with Crippen LogP contribution in [0.25, 0.3) is 0 Å². The van der Waals surface area contributed by atoms with Crippen LogP contribution in [0.3, 0.4) is 0 Å². The van der Waals surface area contributed by atoms with Crippen LogP contribution in [0, 0.1) is 0 Å². The molecule has 0 aromatic heterocycles. The van der Waals surface area contributed by atoms with E-state index in [4.69, 9.17) is 10.2 Å². The molecule has 2 N–H and O–H groups in total. The van der Waals surface area contributed by atoms with Crippen LogP contribution < -0.4 is 44.5 Å². The molecule has 0 radical (unpaired) electrons. The minimum absolute atomic E-state index is 0. The maximum Gasteiger partial charge on any atom is 1.00 e. The van der Waals surface area contributed by atoms with E-state index in [1.54, 1.807) is 0 Å². The van der Waals surface area contributed by atoms with E-state index in [9.17, 15) is 9.90 Å². The van der Waals surface area contributed by atoms with Crippen molar-refractivity contribution in [2.24, 2.45) is 5.73 Å². The van der Waals surface area contributed by atoms with Crippen LogP contribution in [-0.4, -0.2) is 20.3 Å². The third-order valence-electron chi connectivity index (χ3n) is 5.37. The topological polar surface area (TPSA) is 75.4 Å². The van der Waals surface area contributed by atoms with E-state index >= 15 is 0 Å². The van der Waals surface area contributed by atoms with Crippen LogP contribution >= 0.6 is 0 Å². The molecule has 0 fully saturated rings. The number of hydrogen-bond acceptors (Lipinski definition) is 4. The summed E-state index contributed by atoms with van der Waals surface area (Å²) in [4.78, 5) is 10.9. The van der Waals surface area contributed by atoms with Gasteiger partial charge in [0.2, 0.25) is 0 Å². The number of hydrogen-bond donors (Lipinski definition) is 1. The van der Waals surface area contributed by atoms with Gasteiger partial charge in [-0.15, -0.1) is 0 Å². The molecule has 0 heterocycles. The van der Waals surface area contributed by atoms with Gasteiger partial charge in [0.1, 0.15) is 5.75 Å². The minimum atomic E-state index is -2.69. The molecule has 3 aromatic rings. The molecule has 0 aliphatic heterocycles. The van der Waals surface area contributed by atoms with Gasteiger partial charge >= 0.3 is 27.2 Å². The zero-order valence-corrected chi connectivity index (χ0v) is 19.7. The van der Waals surface area contributed by atoms with Crippen LogP contribution in [-0.2, 0) is 11.2 Å². The summed E-state index contributed by atoms with van der Waals surface area (Å²) < 4.78 is 6.93. The molecule has 0 bridgehead atoms. The fraction of sp³-hybridized carbons (Fsp3) is 0.240. The molecule has 0 aliphatic carbocycles. The average molecular weight is 426 g/mol. The first-order valence-electron chi connectivity index (χ1n) is 10.1. The van der Waals surface area contributed by atoms with Crippen molar-refractivity contribution in [2.75, 3.05) is 0 Å². The standard InChI is InChI=1S/C25H29NO3Si.Li/c1-25(2,3)30(21-10-6-4-7-11-21,22-12-8-5-9-13-22)29-20-16-14-19(15-17-20)18-23(26)24(27)28;/h4-17,23H,18,26H2,1-3H3,(H,27,28);/q;+1/p-1/t23-;/m0./s1. The van der Waals surface area contributed by atoms with Gasteiger partial charge in [0.05, 0.1) is 5.97 Å². The van der Waals surface area contributed by atoms with E-state index in [-0.39, 0.29) is 30.3 Å². The first-order valence-corrected chi connectivity index (χ1v) is 12.0. The predicted octanol–water partition coefficient (Wildman–Crippen LogP) is -0.751. The Balaban J connectivity index is 0.00000341. The van der Waals surface area contributed by atoms with Crippen molar-refractivity contribution in [3.63, 3.8) is 0 Å². The molecule has 1 atom stereocenters. The second kappa shape index (κ2) is 10.3. The monoisotopic (exact) mass is 425 g/mol. The van der Waals surface area contributed by atoms with Crippen molar-refractivity contribution in [1.82, 2.24) is 0 Å². The van der Waals surface area contributed by atoms with Gasteiger partial charge in [0.25, 0.3) is 0 Å². The Kier molecular flexibility index (Phi) is 8.33. The van der Waals surface area contributed by atoms with Crippen molar-refractivity contribution in [1.29, 1.82) is 0 Å². The van der Waals surface area contributed by atoms with Gasteiger partial charge in [-0.2, -0.15) is 0 Å². The van der Waals surface area contributed by atoms with Crippen molar-refractivity contribution in [3.05, 3.63) is 90.5 Å². The maximum absolute atomic E-state index is 10.9. The van der Waals surface area contributed by atoms with E-state index in [0.717, 1.165) is 11.3 Å². The third kappa shape index (κ3) is 5.50. The summed E-state index contributed by atoms with van der Waals surface area (Å²) in [6, 6.07) is 27.4. The predicted molar refractivity (Wildman–Crippen MR) is 121 cm³/mol. The second-order valence-electron chi connectivity index (χ2n) is 8.54. The molecule has 0 aliphatic rings. The Morgan fingerprint density at radius 1 is 0.903 bits per heavy atom. The van der Waals surface area contributed by atoms with Crippen LogP contribution in [0.5, 0.6) is 5.75 Å². The average Bonchev–Trinajstić information content (AvgIpc) is 2.73. The number of aliphatic carboxylic acids is 1. The number of benzene rings is 3. The van der Waals surface area contributed by atoms with Gasteiger partial charge in [-0.1, -0.05) is 93.6 Å². The quantitative estimate of drug-likeness (QED) is 0.506. The number of carboxylic acids is 1. The fourth-order valence-electron chi connectivity index (χ4n) is 3.86. The molecule has 0 amide bonds. The number of nitrogens with two attached hydrogens (primary N) is 1. The Labute approximate surface area is 197 Å². The second-order valence-corrected chi connectivity index (χ2v) is 12.8. The number of carbonyl (C=O) groups is 1. The van der Waals surface area contributed by atoms with Gasteiger partial charge in [0.15, 0.2) is 0 Å². The summed E-state index contributed by atoms with van der Waals surface area (Å²) in [5.41, 5.74) is 6.45. The van der Waals surface area contributed by atoms with Gasteiger partial charge in [-0.25, -0.2) is 0 Å². The van der Waals surface area contributed by atoms with E-state index in [2.05, 4.69) is 69.3 Å². The van der Waals surface area contributed by atoms with Crippen molar-refractivity contribution < 1.29 is 33.2 Å². The molecule has 3 aromatic carbocycles. The molecule has 3 rings (SSSR count). The molecule has 4 nitrogen and oxygen atoms in total. The number of carbonyl (C=O) groups excluding carboxylic acids is 1. The smallest absolute Gasteiger partial charge is 0.548 e. The summed E-state index contributed by atoms with van der Waals surface area (Å²) in [7, 11) is -2.69. The molecule has 0 unspecified atom stereocenters. The molecule has 31 heavy (non-hydrogen) atoms. The van der Waals surface area contributed by atoms with Crippen LogP contribution in [0.1, 0.15) is 26.3 Å². The van der Waals surface area contributed by atoms with Crippen LogP contribution in [0.2, 0.25) is 5.04 Å². The van der Waals surface area contributed by atoms with Crippen molar-refractivity contribution in [3.8, 4) is 5.75 Å². The third-order valence-corrected chi connectivity index (χ3v) is 10.3. The zero-order valence-electron chi connectivity index (χ0n) is 18.7. The van der Waals surface area contributed by atoms with Gasteiger partial charge < -0.3 is 20.1 Å². The summed E-state index contributed by atoms with van der Waals surface area (Å²) in [5, 5.41) is 13.2. The Hall–Kier alpha value is -2.30. The van der Waals surface area contributed by atoms with Gasteiger partial charge in [-0.3, -0.25) is 0 Å². The van der Waals surface area contributed by atoms with E-state index in [0.29, 0.717) is 0 Å². The Morgan fingerprint density at radius 2 is 1.35 bits per heavy atom. The Morgan fingerprint density at radius 3 is 1.74 bits per heavy atom. The summed E-state index contributed by atoms with van der Waals surface area (Å²) in [6.45, 7) is 6.69. The fourth-order valence-corrected chi connectivity index (χ4v) is 8.28. The maximum atomic E-state index is 10.9. The SMILES string of the molecule is CC(C)(C)[Si](Oc1ccc(C[C@H](N)C(=O)[O-])cc1)(c1ccccc1)c1ccccc1.[Li+].